The van der Waals surface area contributed by atoms with Crippen molar-refractivity contribution in [1.82, 2.24) is 4.37 Å². The number of hydrogen-bond acceptors (Lipinski definition) is 3. The first-order valence-corrected chi connectivity index (χ1v) is 5.03. The molecule has 3 heteroatoms. The van der Waals surface area contributed by atoms with Gasteiger partial charge in [-0.15, -0.1) is 0 Å². The summed E-state index contributed by atoms with van der Waals surface area (Å²) in [5.74, 6) is 0.324. The molecule has 0 radical (unpaired) electrons. The lowest BCUT2D eigenvalue weighted by Gasteiger charge is -2.14. The maximum Gasteiger partial charge on any atom is 0.0923 e. The van der Waals surface area contributed by atoms with E-state index >= 15 is 0 Å². The molecule has 12 heavy (non-hydrogen) atoms. The molecular formula is C9H15NOS. The maximum atomic E-state index is 9.77. The fourth-order valence-corrected chi connectivity index (χ4v) is 1.89. The fourth-order valence-electron chi connectivity index (χ4n) is 1.03. The summed E-state index contributed by atoms with van der Waals surface area (Å²) < 4.78 is 4.14. The highest BCUT2D eigenvalue weighted by Gasteiger charge is 2.16. The number of aryl methyl sites for hydroxylation is 1. The minimum atomic E-state index is -0.332. The minimum Gasteiger partial charge on any atom is -0.387 e. The monoisotopic (exact) mass is 185 g/mol. The van der Waals surface area contributed by atoms with Gasteiger partial charge in [0.15, 0.2) is 0 Å². The van der Waals surface area contributed by atoms with Crippen molar-refractivity contribution in [2.24, 2.45) is 5.92 Å². The van der Waals surface area contributed by atoms with Gasteiger partial charge in [-0.25, -0.2) is 0 Å². The van der Waals surface area contributed by atoms with Crippen molar-refractivity contribution in [1.29, 1.82) is 0 Å². The summed E-state index contributed by atoms with van der Waals surface area (Å²) in [6.45, 7) is 6.09. The highest BCUT2D eigenvalue weighted by atomic mass is 32.1. The second-order valence-electron chi connectivity index (χ2n) is 3.20. The van der Waals surface area contributed by atoms with Gasteiger partial charge in [0.2, 0.25) is 0 Å². The molecule has 0 bridgehead atoms. The van der Waals surface area contributed by atoms with Crippen molar-refractivity contribution in [3.05, 3.63) is 16.6 Å². The zero-order valence-corrected chi connectivity index (χ0v) is 8.56. The lowest BCUT2D eigenvalue weighted by atomic mass is 10.0. The largest absolute Gasteiger partial charge is 0.387 e. The molecule has 2 unspecified atom stereocenters. The third-order valence-electron chi connectivity index (χ3n) is 2.12. The second-order valence-corrected chi connectivity index (χ2v) is 4.04. The van der Waals surface area contributed by atoms with Gasteiger partial charge in [-0.2, -0.15) is 4.37 Å². The van der Waals surface area contributed by atoms with E-state index in [0.717, 1.165) is 17.0 Å². The smallest absolute Gasteiger partial charge is 0.0923 e. The fraction of sp³-hybridized carbons (Fsp3) is 0.667. The number of aliphatic hydroxyl groups is 1. The van der Waals surface area contributed by atoms with Gasteiger partial charge in [0.05, 0.1) is 16.7 Å². The standard InChI is InChI=1S/C9H15NOS/c1-4-6(2)9(11)8-5-7(3)10-12-8/h5-6,9,11H,4H2,1-3H3. The highest BCUT2D eigenvalue weighted by Crippen LogP contribution is 2.27. The lowest BCUT2D eigenvalue weighted by molar-refractivity contribution is 0.119. The van der Waals surface area contributed by atoms with Gasteiger partial charge in [-0.1, -0.05) is 20.3 Å². The summed E-state index contributed by atoms with van der Waals surface area (Å²) >= 11 is 1.40. The average molecular weight is 185 g/mol. The van der Waals surface area contributed by atoms with Crippen LogP contribution in [-0.4, -0.2) is 9.48 Å². The maximum absolute atomic E-state index is 9.77. The molecule has 0 aromatic carbocycles. The second kappa shape index (κ2) is 4.01. The van der Waals surface area contributed by atoms with Crippen molar-refractivity contribution in [3.63, 3.8) is 0 Å². The van der Waals surface area contributed by atoms with Crippen LogP contribution in [-0.2, 0) is 0 Å². The zero-order chi connectivity index (χ0) is 9.14. The molecule has 0 aliphatic heterocycles. The lowest BCUT2D eigenvalue weighted by Crippen LogP contribution is -2.05. The zero-order valence-electron chi connectivity index (χ0n) is 7.74. The number of rotatable bonds is 3. The SMILES string of the molecule is CCC(C)C(O)c1cc(C)ns1. The molecular weight excluding hydrogens is 170 g/mol. The molecule has 1 heterocycles. The van der Waals surface area contributed by atoms with E-state index in [4.69, 9.17) is 0 Å². The summed E-state index contributed by atoms with van der Waals surface area (Å²) in [6, 6.07) is 1.96. The van der Waals surface area contributed by atoms with Gasteiger partial charge in [0.25, 0.3) is 0 Å². The molecule has 0 fully saturated rings. The third-order valence-corrected chi connectivity index (χ3v) is 3.07. The van der Waals surface area contributed by atoms with Gasteiger partial charge in [-0.05, 0) is 30.4 Å². The van der Waals surface area contributed by atoms with Gasteiger partial charge in [0, 0.05) is 0 Å². The molecule has 68 valence electrons. The van der Waals surface area contributed by atoms with Crippen molar-refractivity contribution in [2.75, 3.05) is 0 Å². The van der Waals surface area contributed by atoms with Gasteiger partial charge >= 0.3 is 0 Å². The number of hydrogen-bond donors (Lipinski definition) is 1. The van der Waals surface area contributed by atoms with E-state index < -0.39 is 0 Å². The summed E-state index contributed by atoms with van der Waals surface area (Å²) in [4.78, 5) is 0.988. The van der Waals surface area contributed by atoms with Crippen LogP contribution in [0.15, 0.2) is 6.07 Å². The molecule has 0 saturated carbocycles. The number of nitrogens with zero attached hydrogens (tertiary/aromatic N) is 1. The van der Waals surface area contributed by atoms with E-state index in [1.807, 2.05) is 13.0 Å². The topological polar surface area (TPSA) is 33.1 Å². The van der Waals surface area contributed by atoms with Gasteiger partial charge in [0.1, 0.15) is 0 Å². The Balaban J connectivity index is 2.70. The predicted octanol–water partition coefficient (Wildman–Crippen LogP) is 2.53. The summed E-state index contributed by atoms with van der Waals surface area (Å²) in [5, 5.41) is 9.77. The quantitative estimate of drug-likeness (QED) is 0.785. The molecule has 2 nitrogen and oxygen atoms in total. The predicted molar refractivity (Wildman–Crippen MR) is 51.3 cm³/mol. The van der Waals surface area contributed by atoms with E-state index in [-0.39, 0.29) is 6.10 Å². The van der Waals surface area contributed by atoms with Crippen molar-refractivity contribution in [3.8, 4) is 0 Å². The van der Waals surface area contributed by atoms with Crippen LogP contribution in [0.1, 0.15) is 36.9 Å². The normalized spacial score (nSPS) is 16.0. The van der Waals surface area contributed by atoms with Crippen LogP contribution in [0.3, 0.4) is 0 Å². The van der Waals surface area contributed by atoms with Crippen LogP contribution < -0.4 is 0 Å². The Labute approximate surface area is 77.4 Å². The van der Waals surface area contributed by atoms with Crippen LogP contribution in [0.2, 0.25) is 0 Å². The molecule has 0 aliphatic rings. The first-order valence-electron chi connectivity index (χ1n) is 4.26. The Kier molecular flexibility index (Phi) is 3.23. The van der Waals surface area contributed by atoms with Crippen molar-refractivity contribution >= 4 is 11.5 Å². The molecule has 1 aromatic heterocycles. The van der Waals surface area contributed by atoms with Crippen LogP contribution >= 0.6 is 11.5 Å². The molecule has 0 aliphatic carbocycles. The highest BCUT2D eigenvalue weighted by molar-refractivity contribution is 7.05. The average Bonchev–Trinajstić information content (AvgIpc) is 2.49. The Hall–Kier alpha value is -0.410. The molecule has 1 aromatic rings. The Bertz CT molecular complexity index is 246. The Morgan fingerprint density at radius 2 is 2.33 bits per heavy atom. The van der Waals surface area contributed by atoms with E-state index in [0.29, 0.717) is 5.92 Å². The van der Waals surface area contributed by atoms with E-state index in [2.05, 4.69) is 18.2 Å². The van der Waals surface area contributed by atoms with Crippen LogP contribution in [0.5, 0.6) is 0 Å². The molecule has 2 atom stereocenters. The van der Waals surface area contributed by atoms with Gasteiger partial charge < -0.3 is 5.11 Å². The van der Waals surface area contributed by atoms with Gasteiger partial charge in [-0.3, -0.25) is 0 Å². The third kappa shape index (κ3) is 2.05. The Morgan fingerprint density at radius 3 is 2.75 bits per heavy atom. The number of aliphatic hydroxyl groups excluding tert-OH is 1. The number of aromatic nitrogens is 1. The van der Waals surface area contributed by atoms with Crippen LogP contribution in [0, 0.1) is 12.8 Å². The van der Waals surface area contributed by atoms with E-state index in [9.17, 15) is 5.11 Å². The van der Waals surface area contributed by atoms with Crippen molar-refractivity contribution in [2.45, 2.75) is 33.3 Å². The molecule has 0 amide bonds. The first kappa shape index (κ1) is 9.68. The van der Waals surface area contributed by atoms with Crippen LogP contribution in [0.4, 0.5) is 0 Å². The molecule has 0 saturated heterocycles. The van der Waals surface area contributed by atoms with Crippen molar-refractivity contribution < 1.29 is 5.11 Å². The van der Waals surface area contributed by atoms with Crippen LogP contribution in [0.25, 0.3) is 0 Å². The first-order chi connectivity index (χ1) is 5.65. The summed E-state index contributed by atoms with van der Waals surface area (Å²) in [6.07, 6.45) is 0.666. The Morgan fingerprint density at radius 1 is 1.67 bits per heavy atom. The molecule has 0 spiro atoms. The summed E-state index contributed by atoms with van der Waals surface area (Å²) in [5.41, 5.74) is 0.998. The summed E-state index contributed by atoms with van der Waals surface area (Å²) in [7, 11) is 0. The van der Waals surface area contributed by atoms with E-state index in [1.54, 1.807) is 0 Å². The van der Waals surface area contributed by atoms with E-state index in [1.165, 1.54) is 11.5 Å². The minimum absolute atomic E-state index is 0.324. The molecule has 1 N–H and O–H groups in total. The molecule has 1 rings (SSSR count).